The molecule has 0 fully saturated rings. The maximum absolute atomic E-state index is 12.4. The van der Waals surface area contributed by atoms with Crippen LogP contribution in [0.4, 0.5) is 5.69 Å². The zero-order valence-corrected chi connectivity index (χ0v) is 16.9. The summed E-state index contributed by atoms with van der Waals surface area (Å²) in [5, 5.41) is 2.84. The van der Waals surface area contributed by atoms with Crippen LogP contribution in [0.3, 0.4) is 0 Å². The molecule has 2 aromatic carbocycles. The first kappa shape index (κ1) is 20.3. The zero-order chi connectivity index (χ0) is 20.8. The van der Waals surface area contributed by atoms with Crippen LogP contribution in [0.1, 0.15) is 35.7 Å². The lowest BCUT2D eigenvalue weighted by Gasteiger charge is -2.18. The second kappa shape index (κ2) is 9.19. The zero-order valence-electron chi connectivity index (χ0n) is 16.9. The monoisotopic (exact) mass is 391 g/mol. The average molecular weight is 391 g/mol. The molecule has 29 heavy (non-hydrogen) atoms. The number of carbonyl (C=O) groups excluding carboxylic acids is 2. The predicted molar refractivity (Wildman–Crippen MR) is 113 cm³/mol. The summed E-state index contributed by atoms with van der Waals surface area (Å²) in [5.74, 6) is 0.924. The third kappa shape index (κ3) is 4.90. The Hall–Kier alpha value is -3.41. The Morgan fingerprint density at radius 1 is 1.00 bits per heavy atom. The molecule has 0 unspecified atom stereocenters. The van der Waals surface area contributed by atoms with Crippen molar-refractivity contribution in [2.75, 3.05) is 18.4 Å². The van der Waals surface area contributed by atoms with Crippen LogP contribution >= 0.6 is 0 Å². The van der Waals surface area contributed by atoms with Crippen LogP contribution in [0, 0.1) is 6.92 Å². The molecule has 0 saturated heterocycles. The number of aromatic nitrogens is 1. The molecule has 1 aromatic heterocycles. The van der Waals surface area contributed by atoms with Gasteiger partial charge in [-0.1, -0.05) is 18.2 Å². The Kier molecular flexibility index (Phi) is 6.44. The van der Waals surface area contributed by atoms with E-state index in [-0.39, 0.29) is 18.2 Å². The lowest BCUT2D eigenvalue weighted by atomic mass is 10.1. The minimum Gasteiger partial charge on any atom is -0.441 e. The Labute approximate surface area is 170 Å². The molecular weight excluding hydrogens is 366 g/mol. The number of rotatable bonds is 7. The van der Waals surface area contributed by atoms with Gasteiger partial charge in [0.25, 0.3) is 5.91 Å². The normalized spacial score (nSPS) is 10.6. The highest BCUT2D eigenvalue weighted by Crippen LogP contribution is 2.22. The maximum Gasteiger partial charge on any atom is 0.253 e. The van der Waals surface area contributed by atoms with Crippen molar-refractivity contribution in [2.45, 2.75) is 27.2 Å². The summed E-state index contributed by atoms with van der Waals surface area (Å²) in [6.45, 7) is 7.03. The number of oxazole rings is 1. The van der Waals surface area contributed by atoms with Crippen molar-refractivity contribution in [3.8, 4) is 11.5 Å². The molecule has 1 heterocycles. The Balaban J connectivity index is 1.64. The quantitative estimate of drug-likeness (QED) is 0.651. The molecule has 0 atom stereocenters. The van der Waals surface area contributed by atoms with Gasteiger partial charge in [-0.05, 0) is 57.2 Å². The van der Waals surface area contributed by atoms with Gasteiger partial charge < -0.3 is 14.6 Å². The number of amides is 2. The molecule has 0 radical (unpaired) electrons. The van der Waals surface area contributed by atoms with Crippen molar-refractivity contribution in [1.29, 1.82) is 0 Å². The van der Waals surface area contributed by atoms with E-state index < -0.39 is 0 Å². The number of hydrogen-bond donors (Lipinski definition) is 1. The van der Waals surface area contributed by atoms with Crippen LogP contribution in [0.5, 0.6) is 0 Å². The molecule has 0 aliphatic carbocycles. The SMILES string of the molecule is CCN(CC)C(=O)c1ccc(NC(=O)Cc2nc(-c3ccccc3)oc2C)cc1. The molecule has 6 nitrogen and oxygen atoms in total. The van der Waals surface area contributed by atoms with Gasteiger partial charge >= 0.3 is 0 Å². The summed E-state index contributed by atoms with van der Waals surface area (Å²) in [7, 11) is 0. The number of hydrogen-bond acceptors (Lipinski definition) is 4. The van der Waals surface area contributed by atoms with Gasteiger partial charge in [0.05, 0.1) is 12.1 Å². The van der Waals surface area contributed by atoms with Gasteiger partial charge in [-0.2, -0.15) is 0 Å². The van der Waals surface area contributed by atoms with E-state index in [4.69, 9.17) is 4.42 Å². The van der Waals surface area contributed by atoms with E-state index in [1.165, 1.54) is 0 Å². The predicted octanol–water partition coefficient (Wildman–Crippen LogP) is 4.31. The van der Waals surface area contributed by atoms with Crippen molar-refractivity contribution >= 4 is 17.5 Å². The number of nitrogens with one attached hydrogen (secondary N) is 1. The summed E-state index contributed by atoms with van der Waals surface area (Å²) in [6, 6.07) is 16.5. The Morgan fingerprint density at radius 2 is 1.66 bits per heavy atom. The fourth-order valence-corrected chi connectivity index (χ4v) is 3.04. The van der Waals surface area contributed by atoms with E-state index in [9.17, 15) is 9.59 Å². The summed E-state index contributed by atoms with van der Waals surface area (Å²) in [5.41, 5.74) is 2.72. The van der Waals surface area contributed by atoms with E-state index in [0.29, 0.717) is 41.7 Å². The lowest BCUT2D eigenvalue weighted by Crippen LogP contribution is -2.30. The summed E-state index contributed by atoms with van der Waals surface area (Å²) >= 11 is 0. The van der Waals surface area contributed by atoms with E-state index >= 15 is 0 Å². The second-order valence-electron chi connectivity index (χ2n) is 6.67. The molecule has 6 heteroatoms. The van der Waals surface area contributed by atoms with E-state index in [1.54, 1.807) is 36.1 Å². The first-order chi connectivity index (χ1) is 14.0. The lowest BCUT2D eigenvalue weighted by molar-refractivity contribution is -0.115. The van der Waals surface area contributed by atoms with Crippen molar-refractivity contribution < 1.29 is 14.0 Å². The van der Waals surface area contributed by atoms with Crippen molar-refractivity contribution in [3.63, 3.8) is 0 Å². The molecule has 3 rings (SSSR count). The molecule has 0 saturated carbocycles. The van der Waals surface area contributed by atoms with E-state index in [2.05, 4.69) is 10.3 Å². The second-order valence-corrected chi connectivity index (χ2v) is 6.67. The molecule has 3 aromatic rings. The van der Waals surface area contributed by atoms with Gasteiger partial charge in [-0.15, -0.1) is 0 Å². The highest BCUT2D eigenvalue weighted by Gasteiger charge is 2.16. The largest absolute Gasteiger partial charge is 0.441 e. The summed E-state index contributed by atoms with van der Waals surface area (Å²) in [4.78, 5) is 31.0. The highest BCUT2D eigenvalue weighted by atomic mass is 16.4. The molecule has 150 valence electrons. The van der Waals surface area contributed by atoms with Crippen LogP contribution in [0.15, 0.2) is 59.0 Å². The van der Waals surface area contributed by atoms with E-state index in [0.717, 1.165) is 5.56 Å². The molecular formula is C23H25N3O3. The smallest absolute Gasteiger partial charge is 0.253 e. The van der Waals surface area contributed by atoms with Crippen LogP contribution in [0.2, 0.25) is 0 Å². The first-order valence-electron chi connectivity index (χ1n) is 9.72. The minimum atomic E-state index is -0.191. The number of carbonyl (C=O) groups is 2. The molecule has 0 bridgehead atoms. The van der Waals surface area contributed by atoms with E-state index in [1.807, 2.05) is 44.2 Å². The van der Waals surface area contributed by atoms with Gasteiger partial charge in [0.2, 0.25) is 11.8 Å². The average Bonchev–Trinajstić information content (AvgIpc) is 3.10. The first-order valence-corrected chi connectivity index (χ1v) is 9.72. The maximum atomic E-state index is 12.4. The van der Waals surface area contributed by atoms with Gasteiger partial charge in [0.15, 0.2) is 0 Å². The van der Waals surface area contributed by atoms with Crippen LogP contribution in [0.25, 0.3) is 11.5 Å². The molecule has 0 aliphatic heterocycles. The number of anilines is 1. The summed E-state index contributed by atoms with van der Waals surface area (Å²) < 4.78 is 5.70. The number of nitrogens with zero attached hydrogens (tertiary/aromatic N) is 2. The van der Waals surface area contributed by atoms with Gasteiger partial charge in [0, 0.05) is 29.9 Å². The van der Waals surface area contributed by atoms with Gasteiger partial charge in [-0.3, -0.25) is 9.59 Å². The van der Waals surface area contributed by atoms with Crippen LogP contribution in [-0.2, 0) is 11.2 Å². The summed E-state index contributed by atoms with van der Waals surface area (Å²) in [6.07, 6.45) is 0.113. The van der Waals surface area contributed by atoms with Crippen molar-refractivity contribution in [1.82, 2.24) is 9.88 Å². The van der Waals surface area contributed by atoms with Gasteiger partial charge in [-0.25, -0.2) is 4.98 Å². The molecule has 1 N–H and O–H groups in total. The molecule has 0 spiro atoms. The fourth-order valence-electron chi connectivity index (χ4n) is 3.04. The standard InChI is InChI=1S/C23H25N3O3/c1-4-26(5-2)23(28)18-11-13-19(14-12-18)24-21(27)15-20-16(3)29-22(25-20)17-9-7-6-8-10-17/h6-14H,4-5,15H2,1-3H3,(H,24,27). The molecule has 0 aliphatic rings. The third-order valence-electron chi connectivity index (χ3n) is 4.71. The van der Waals surface area contributed by atoms with Crippen LogP contribution < -0.4 is 5.32 Å². The Bertz CT molecular complexity index is 974. The van der Waals surface area contributed by atoms with Crippen LogP contribution in [-0.4, -0.2) is 34.8 Å². The van der Waals surface area contributed by atoms with Gasteiger partial charge in [0.1, 0.15) is 5.76 Å². The highest BCUT2D eigenvalue weighted by molar-refractivity contribution is 5.96. The topological polar surface area (TPSA) is 75.4 Å². The molecule has 2 amide bonds. The van der Waals surface area contributed by atoms with Crippen molar-refractivity contribution in [3.05, 3.63) is 71.6 Å². The Morgan fingerprint density at radius 3 is 2.28 bits per heavy atom. The van der Waals surface area contributed by atoms with Crippen molar-refractivity contribution in [2.24, 2.45) is 0 Å². The third-order valence-corrected chi connectivity index (χ3v) is 4.71. The number of benzene rings is 2. The number of aryl methyl sites for hydroxylation is 1. The minimum absolute atomic E-state index is 0.0143. The fraction of sp³-hybridized carbons (Fsp3) is 0.261.